The van der Waals surface area contributed by atoms with Gasteiger partial charge in [-0.15, -0.1) is 0 Å². The second-order valence-electron chi connectivity index (χ2n) is 9.86. The molecule has 1 saturated heterocycles. The van der Waals surface area contributed by atoms with E-state index in [9.17, 15) is 9.18 Å². The molecule has 1 amide bonds. The summed E-state index contributed by atoms with van der Waals surface area (Å²) in [5.41, 5.74) is 4.02. The first kappa shape index (κ1) is 34.3. The number of aromatic nitrogens is 2. The Morgan fingerprint density at radius 2 is 1.81 bits per heavy atom. The summed E-state index contributed by atoms with van der Waals surface area (Å²) in [6, 6.07) is 6.71. The average molecular weight is 579 g/mol. The van der Waals surface area contributed by atoms with Crippen LogP contribution in [0.4, 0.5) is 15.0 Å². The van der Waals surface area contributed by atoms with Crippen molar-refractivity contribution >= 4 is 17.5 Å². The van der Waals surface area contributed by atoms with Gasteiger partial charge in [-0.05, 0) is 57.4 Å². The average Bonchev–Trinajstić information content (AvgIpc) is 2.99. The molecule has 1 aromatic heterocycles. The zero-order chi connectivity index (χ0) is 30.9. The maximum Gasteiger partial charge on any atom is 0.409 e. The molecule has 1 aliphatic heterocycles. The summed E-state index contributed by atoms with van der Waals surface area (Å²) < 4.78 is 24.8. The van der Waals surface area contributed by atoms with E-state index < -0.39 is 0 Å². The SMILES string of the molecule is C/C=C(/c1ccccc1F)c1c(C)ncnc1N1CCN(C(=O)OCC)CC1.C=C(/C=C(\C=C/CCC)OC)CCC. The zero-order valence-electron chi connectivity index (χ0n) is 26.2. The van der Waals surface area contributed by atoms with Crippen molar-refractivity contribution in [2.45, 2.75) is 60.3 Å². The van der Waals surface area contributed by atoms with Gasteiger partial charge in [0.2, 0.25) is 0 Å². The summed E-state index contributed by atoms with van der Waals surface area (Å²) in [7, 11) is 1.70. The lowest BCUT2D eigenvalue weighted by atomic mass is 9.96. The summed E-state index contributed by atoms with van der Waals surface area (Å²) in [5, 5.41) is 0. The minimum atomic E-state index is -0.290. The molecule has 228 valence electrons. The number of anilines is 1. The first-order valence-electron chi connectivity index (χ1n) is 14.8. The number of carbonyl (C=O) groups is 1. The second kappa shape index (κ2) is 18.5. The van der Waals surface area contributed by atoms with Crippen molar-refractivity contribution in [3.8, 4) is 0 Å². The molecule has 1 aliphatic rings. The van der Waals surface area contributed by atoms with E-state index in [1.54, 1.807) is 31.1 Å². The Bertz CT molecular complexity index is 1250. The van der Waals surface area contributed by atoms with E-state index in [1.807, 2.05) is 38.1 Å². The summed E-state index contributed by atoms with van der Waals surface area (Å²) in [6.07, 6.45) is 13.7. The molecular formula is C34H47FN4O3. The molecule has 0 spiro atoms. The van der Waals surface area contributed by atoms with Crippen molar-refractivity contribution in [2.75, 3.05) is 44.8 Å². The highest BCUT2D eigenvalue weighted by Crippen LogP contribution is 2.33. The van der Waals surface area contributed by atoms with Crippen LogP contribution in [0.2, 0.25) is 0 Å². The number of carbonyl (C=O) groups excluding carboxylic acids is 1. The molecule has 0 aliphatic carbocycles. The Kier molecular flexibility index (Phi) is 15.1. The number of halogens is 1. The van der Waals surface area contributed by atoms with Gasteiger partial charge in [0.15, 0.2) is 0 Å². The van der Waals surface area contributed by atoms with Crippen LogP contribution < -0.4 is 4.90 Å². The molecule has 1 fully saturated rings. The number of methoxy groups -OCH3 is 1. The van der Waals surface area contributed by atoms with Crippen molar-refractivity contribution in [3.05, 3.63) is 95.4 Å². The van der Waals surface area contributed by atoms with Crippen molar-refractivity contribution in [2.24, 2.45) is 0 Å². The number of aryl methyl sites for hydroxylation is 1. The number of nitrogens with zero attached hydrogens (tertiary/aromatic N) is 4. The summed E-state index contributed by atoms with van der Waals surface area (Å²) in [4.78, 5) is 24.6. The molecule has 42 heavy (non-hydrogen) atoms. The topological polar surface area (TPSA) is 67.8 Å². The van der Waals surface area contributed by atoms with Crippen molar-refractivity contribution in [3.63, 3.8) is 0 Å². The van der Waals surface area contributed by atoms with Gasteiger partial charge in [-0.1, -0.05) is 69.2 Å². The van der Waals surface area contributed by atoms with Crippen molar-refractivity contribution < 1.29 is 18.7 Å². The highest BCUT2D eigenvalue weighted by Gasteiger charge is 2.26. The lowest BCUT2D eigenvalue weighted by Gasteiger charge is -2.36. The molecule has 8 heteroatoms. The Morgan fingerprint density at radius 3 is 2.40 bits per heavy atom. The predicted molar refractivity (Wildman–Crippen MR) is 170 cm³/mol. The van der Waals surface area contributed by atoms with E-state index in [-0.39, 0.29) is 11.9 Å². The van der Waals surface area contributed by atoms with Gasteiger partial charge in [0.1, 0.15) is 23.7 Å². The molecule has 0 N–H and O–H groups in total. The fourth-order valence-electron chi connectivity index (χ4n) is 4.58. The predicted octanol–water partition coefficient (Wildman–Crippen LogP) is 7.88. The number of piperazine rings is 1. The third kappa shape index (κ3) is 10.2. The molecule has 2 heterocycles. The normalized spacial score (nSPS) is 14.0. The summed E-state index contributed by atoms with van der Waals surface area (Å²) in [5.74, 6) is 1.38. The summed E-state index contributed by atoms with van der Waals surface area (Å²) >= 11 is 0. The first-order valence-corrected chi connectivity index (χ1v) is 14.8. The Balaban J connectivity index is 0.000000374. The molecule has 7 nitrogen and oxygen atoms in total. The molecule has 0 atom stereocenters. The number of hydrogen-bond donors (Lipinski definition) is 0. The van der Waals surface area contributed by atoms with E-state index in [0.717, 1.165) is 53.2 Å². The number of allylic oxidation sites excluding steroid dienone is 5. The van der Waals surface area contributed by atoms with Crippen LogP contribution in [0.25, 0.3) is 5.57 Å². The molecule has 0 saturated carbocycles. The summed E-state index contributed by atoms with van der Waals surface area (Å²) in [6.45, 7) is 16.6. The Hall–Kier alpha value is -3.94. The fraction of sp³-hybridized carbons (Fsp3) is 0.441. The molecule has 2 aromatic rings. The van der Waals surface area contributed by atoms with Gasteiger partial charge in [0.25, 0.3) is 0 Å². The molecule has 0 unspecified atom stereocenters. The third-order valence-electron chi connectivity index (χ3n) is 6.73. The van der Waals surface area contributed by atoms with Gasteiger partial charge in [-0.25, -0.2) is 19.2 Å². The van der Waals surface area contributed by atoms with E-state index in [4.69, 9.17) is 9.47 Å². The monoisotopic (exact) mass is 578 g/mol. The molecule has 0 bridgehead atoms. The van der Waals surface area contributed by atoms with Crippen LogP contribution in [0.1, 0.15) is 70.2 Å². The maximum absolute atomic E-state index is 14.5. The number of hydrogen-bond acceptors (Lipinski definition) is 6. The third-order valence-corrected chi connectivity index (χ3v) is 6.73. The highest BCUT2D eigenvalue weighted by atomic mass is 19.1. The number of unbranched alkanes of at least 4 members (excludes halogenated alkanes) is 1. The maximum atomic E-state index is 14.5. The van der Waals surface area contributed by atoms with Crippen molar-refractivity contribution in [1.82, 2.24) is 14.9 Å². The quantitative estimate of drug-likeness (QED) is 0.200. The Labute approximate surface area is 251 Å². The molecule has 1 aromatic carbocycles. The van der Waals surface area contributed by atoms with Crippen LogP contribution in [0.15, 0.2) is 72.8 Å². The van der Waals surface area contributed by atoms with Crippen LogP contribution in [0.5, 0.6) is 0 Å². The van der Waals surface area contributed by atoms with Crippen LogP contribution in [-0.2, 0) is 9.47 Å². The minimum absolute atomic E-state index is 0.281. The van der Waals surface area contributed by atoms with Gasteiger partial charge in [0.05, 0.1) is 19.4 Å². The molecule has 3 rings (SSSR count). The number of benzene rings is 1. The standard InChI is InChI=1S/C21H25FN4O2.C13H22O/c1-4-16(17-8-6-7-9-18(17)22)19-15(3)23-14-24-20(19)25-10-12-26(13-11-25)21(27)28-5-2;1-5-7-8-10-13(14-4)11-12(3)9-6-2/h4,6-9,14H,5,10-13H2,1-3H3;8,10-11H,3,5-7,9H2,1-2,4H3/b16-4-;10-8-,13-11+. The van der Waals surface area contributed by atoms with Gasteiger partial charge < -0.3 is 19.3 Å². The smallest absolute Gasteiger partial charge is 0.409 e. The van der Waals surface area contributed by atoms with Crippen LogP contribution in [0, 0.1) is 12.7 Å². The minimum Gasteiger partial charge on any atom is -0.497 e. The van der Waals surface area contributed by atoms with Gasteiger partial charge in [0, 0.05) is 37.3 Å². The van der Waals surface area contributed by atoms with Crippen LogP contribution in [-0.4, -0.2) is 60.9 Å². The highest BCUT2D eigenvalue weighted by molar-refractivity contribution is 5.86. The second-order valence-corrected chi connectivity index (χ2v) is 9.86. The van der Waals surface area contributed by atoms with Gasteiger partial charge in [-0.2, -0.15) is 0 Å². The van der Waals surface area contributed by atoms with E-state index in [0.29, 0.717) is 38.3 Å². The number of ether oxygens (including phenoxy) is 2. The molecule has 0 radical (unpaired) electrons. The largest absolute Gasteiger partial charge is 0.497 e. The van der Waals surface area contributed by atoms with Gasteiger partial charge >= 0.3 is 6.09 Å². The van der Waals surface area contributed by atoms with Gasteiger partial charge in [-0.3, -0.25) is 0 Å². The van der Waals surface area contributed by atoms with E-state index in [2.05, 4.69) is 41.4 Å². The first-order chi connectivity index (χ1) is 20.3. The van der Waals surface area contributed by atoms with Crippen LogP contribution >= 0.6 is 0 Å². The lowest BCUT2D eigenvalue weighted by molar-refractivity contribution is 0.105. The number of rotatable bonds is 11. The lowest BCUT2D eigenvalue weighted by Crippen LogP contribution is -2.49. The fourth-order valence-corrected chi connectivity index (χ4v) is 4.58. The number of amides is 1. The zero-order valence-corrected chi connectivity index (χ0v) is 26.2. The molecular weight excluding hydrogens is 531 g/mol. The Morgan fingerprint density at radius 1 is 1.10 bits per heavy atom. The van der Waals surface area contributed by atoms with E-state index >= 15 is 0 Å². The van der Waals surface area contributed by atoms with E-state index in [1.165, 1.54) is 18.8 Å². The van der Waals surface area contributed by atoms with Crippen molar-refractivity contribution in [1.29, 1.82) is 0 Å². The van der Waals surface area contributed by atoms with Crippen LogP contribution in [0.3, 0.4) is 0 Å².